The number of likely N-dealkylation sites (tertiary alicyclic amines) is 1. The average molecular weight is 597 g/mol. The maximum Gasteiger partial charge on any atom is 0.276 e. The van der Waals surface area contributed by atoms with Crippen LogP contribution in [0.3, 0.4) is 0 Å². The zero-order valence-corrected chi connectivity index (χ0v) is 24.4. The Morgan fingerprint density at radius 2 is 1.86 bits per heavy atom. The van der Waals surface area contributed by atoms with Crippen molar-refractivity contribution in [2.45, 2.75) is 32.0 Å². The van der Waals surface area contributed by atoms with Crippen LogP contribution >= 0.6 is 0 Å². The number of benzene rings is 3. The van der Waals surface area contributed by atoms with Crippen LogP contribution in [0.4, 0.5) is 0 Å². The van der Waals surface area contributed by atoms with Gasteiger partial charge in [-0.3, -0.25) is 14.4 Å². The molecule has 4 bridgehead atoms. The van der Waals surface area contributed by atoms with Crippen molar-refractivity contribution in [2.24, 2.45) is 0 Å². The molecule has 0 unspecified atom stereocenters. The highest BCUT2D eigenvalue weighted by atomic mass is 16.5. The van der Waals surface area contributed by atoms with Gasteiger partial charge in [-0.15, -0.1) is 0 Å². The Morgan fingerprint density at radius 3 is 2.68 bits per heavy atom. The smallest absolute Gasteiger partial charge is 0.276 e. The summed E-state index contributed by atoms with van der Waals surface area (Å²) >= 11 is 0. The molecule has 0 radical (unpaired) electrons. The van der Waals surface area contributed by atoms with Gasteiger partial charge >= 0.3 is 0 Å². The summed E-state index contributed by atoms with van der Waals surface area (Å²) in [4.78, 5) is 41.2. The van der Waals surface area contributed by atoms with E-state index in [1.165, 1.54) is 0 Å². The van der Waals surface area contributed by atoms with Crippen molar-refractivity contribution in [3.05, 3.63) is 95.2 Å². The first kappa shape index (κ1) is 28.8. The average Bonchev–Trinajstić information content (AvgIpc) is 3.54. The van der Waals surface area contributed by atoms with Gasteiger partial charge in [0.1, 0.15) is 23.4 Å². The number of fused-ring (bicyclic) bond motifs is 7. The molecule has 2 N–H and O–H groups in total. The van der Waals surface area contributed by atoms with E-state index in [-0.39, 0.29) is 43.1 Å². The SMILES string of the molecule is COc1cc2ccc1CNC(=O)COc1cc(ccc1C)C(=O)N[C@H]1CN(C(=O)c3cc(-c4ccccc4)on3)CC[C@H]1O2. The third kappa shape index (κ3) is 6.22. The van der Waals surface area contributed by atoms with E-state index < -0.39 is 12.1 Å². The molecule has 7 rings (SSSR count). The first-order chi connectivity index (χ1) is 21.4. The molecule has 0 saturated carbocycles. The lowest BCUT2D eigenvalue weighted by Crippen LogP contribution is -2.58. The van der Waals surface area contributed by atoms with Gasteiger partial charge in [-0.2, -0.15) is 0 Å². The van der Waals surface area contributed by atoms with Crippen molar-refractivity contribution in [1.29, 1.82) is 0 Å². The molecule has 3 amide bonds. The Kier molecular flexibility index (Phi) is 8.18. The molecule has 3 aromatic carbocycles. The van der Waals surface area contributed by atoms with E-state index in [1.54, 1.807) is 48.4 Å². The van der Waals surface area contributed by atoms with Crippen molar-refractivity contribution >= 4 is 17.7 Å². The summed E-state index contributed by atoms with van der Waals surface area (Å²) in [6.45, 7) is 2.43. The van der Waals surface area contributed by atoms with Gasteiger partial charge in [0, 0.05) is 54.9 Å². The second-order valence-electron chi connectivity index (χ2n) is 10.7. The van der Waals surface area contributed by atoms with Crippen molar-refractivity contribution < 1.29 is 33.1 Å². The fraction of sp³-hybridized carbons (Fsp3) is 0.273. The Hall–Kier alpha value is -5.32. The number of aryl methyl sites for hydroxylation is 1. The maximum atomic E-state index is 13.5. The number of ether oxygens (including phenoxy) is 3. The van der Waals surface area contributed by atoms with Crippen LogP contribution in [0, 0.1) is 6.92 Å². The normalized spacial score (nSPS) is 18.6. The molecule has 226 valence electrons. The molecule has 44 heavy (non-hydrogen) atoms. The predicted molar refractivity (Wildman–Crippen MR) is 160 cm³/mol. The lowest BCUT2D eigenvalue weighted by molar-refractivity contribution is -0.123. The second kappa shape index (κ2) is 12.5. The first-order valence-corrected chi connectivity index (χ1v) is 14.3. The van der Waals surface area contributed by atoms with E-state index in [4.69, 9.17) is 18.7 Å². The monoisotopic (exact) mass is 596 g/mol. The van der Waals surface area contributed by atoms with Gasteiger partial charge in [0.05, 0.1) is 13.2 Å². The summed E-state index contributed by atoms with van der Waals surface area (Å²) in [5.74, 6) is 1.02. The molecule has 2 atom stereocenters. The standard InChI is InChI=1S/C33H32N4O7/c1-20-8-9-22-14-28(20)42-19-31(38)34-17-23-10-11-24(15-29(23)41-2)43-27-12-13-37(18-26(27)35-32(22)39)33(40)25-16-30(44-36-25)21-6-4-3-5-7-21/h3-11,14-16,26-27H,12-13,17-19H2,1-2H3,(H,34,38)(H,35,39)/t26-,27+/m0/s1. The van der Waals surface area contributed by atoms with Crippen LogP contribution in [0.5, 0.6) is 17.2 Å². The predicted octanol–water partition coefficient (Wildman–Crippen LogP) is 3.76. The maximum absolute atomic E-state index is 13.5. The lowest BCUT2D eigenvalue weighted by Gasteiger charge is -2.38. The van der Waals surface area contributed by atoms with E-state index in [2.05, 4.69) is 15.8 Å². The minimum absolute atomic E-state index is 0.183. The van der Waals surface area contributed by atoms with E-state index in [9.17, 15) is 14.4 Å². The number of hydrogen-bond donors (Lipinski definition) is 2. The fourth-order valence-electron chi connectivity index (χ4n) is 5.33. The van der Waals surface area contributed by atoms with Crippen LogP contribution < -0.4 is 24.8 Å². The van der Waals surface area contributed by atoms with E-state index in [0.717, 1.165) is 16.7 Å². The molecule has 11 heteroatoms. The molecular weight excluding hydrogens is 564 g/mol. The number of amides is 3. The van der Waals surface area contributed by atoms with Crippen LogP contribution in [0.15, 0.2) is 77.3 Å². The third-order valence-electron chi connectivity index (χ3n) is 7.77. The summed E-state index contributed by atoms with van der Waals surface area (Å²) in [5, 5.41) is 9.93. The van der Waals surface area contributed by atoms with Gasteiger partial charge in [0.15, 0.2) is 18.1 Å². The van der Waals surface area contributed by atoms with E-state index >= 15 is 0 Å². The van der Waals surface area contributed by atoms with Crippen molar-refractivity contribution in [2.75, 3.05) is 26.8 Å². The highest BCUT2D eigenvalue weighted by Crippen LogP contribution is 2.29. The summed E-state index contributed by atoms with van der Waals surface area (Å²) < 4.78 is 23.2. The summed E-state index contributed by atoms with van der Waals surface area (Å²) in [5.41, 5.74) is 2.90. The van der Waals surface area contributed by atoms with Gasteiger partial charge in [-0.1, -0.05) is 41.6 Å². The van der Waals surface area contributed by atoms with Crippen LogP contribution in [0.1, 0.15) is 38.4 Å². The zero-order chi connectivity index (χ0) is 30.6. The van der Waals surface area contributed by atoms with Crippen LogP contribution in [-0.2, 0) is 11.3 Å². The van der Waals surface area contributed by atoms with Gasteiger partial charge in [-0.05, 0) is 36.8 Å². The number of nitrogens with one attached hydrogen (secondary N) is 2. The number of hydrogen-bond acceptors (Lipinski definition) is 8. The Labute approximate surface area is 254 Å². The molecule has 1 aromatic heterocycles. The molecule has 3 aliphatic rings. The number of carbonyl (C=O) groups excluding carboxylic acids is 3. The number of aromatic nitrogens is 1. The number of piperidine rings is 1. The molecule has 11 nitrogen and oxygen atoms in total. The molecule has 0 aliphatic carbocycles. The number of methoxy groups -OCH3 is 1. The molecule has 3 aliphatic heterocycles. The summed E-state index contributed by atoms with van der Waals surface area (Å²) in [6, 6.07) is 20.9. The quantitative estimate of drug-likeness (QED) is 0.366. The first-order valence-electron chi connectivity index (χ1n) is 14.3. The number of rotatable bonds is 3. The van der Waals surface area contributed by atoms with Gasteiger partial charge in [-0.25, -0.2) is 0 Å². The zero-order valence-electron chi connectivity index (χ0n) is 24.4. The Bertz CT molecular complexity index is 1690. The molecule has 1 fully saturated rings. The van der Waals surface area contributed by atoms with Crippen LogP contribution in [0.2, 0.25) is 0 Å². The highest BCUT2D eigenvalue weighted by molar-refractivity contribution is 5.95. The fourth-order valence-corrected chi connectivity index (χ4v) is 5.33. The van der Waals surface area contributed by atoms with Gasteiger partial charge in [0.2, 0.25) is 0 Å². The third-order valence-corrected chi connectivity index (χ3v) is 7.77. The molecule has 0 spiro atoms. The minimum atomic E-state index is -0.559. The second-order valence-corrected chi connectivity index (χ2v) is 10.7. The molecule has 4 aromatic rings. The minimum Gasteiger partial charge on any atom is -0.496 e. The number of nitrogens with zero attached hydrogens (tertiary/aromatic N) is 2. The number of carbonyl (C=O) groups is 3. The summed E-state index contributed by atoms with van der Waals surface area (Å²) in [6.07, 6.45) is -0.00469. The van der Waals surface area contributed by atoms with E-state index in [1.807, 2.05) is 43.3 Å². The largest absolute Gasteiger partial charge is 0.496 e. The lowest BCUT2D eigenvalue weighted by atomic mass is 10.00. The van der Waals surface area contributed by atoms with Crippen LogP contribution in [-0.4, -0.2) is 66.7 Å². The molecule has 1 saturated heterocycles. The van der Waals surface area contributed by atoms with Crippen molar-refractivity contribution in [1.82, 2.24) is 20.7 Å². The summed E-state index contributed by atoms with van der Waals surface area (Å²) in [7, 11) is 1.55. The molecule has 4 heterocycles. The van der Waals surface area contributed by atoms with Gasteiger partial charge < -0.3 is 34.3 Å². The Morgan fingerprint density at radius 1 is 1.02 bits per heavy atom. The Balaban J connectivity index is 1.28. The van der Waals surface area contributed by atoms with E-state index in [0.29, 0.717) is 41.5 Å². The van der Waals surface area contributed by atoms with Gasteiger partial charge in [0.25, 0.3) is 17.7 Å². The highest BCUT2D eigenvalue weighted by Gasteiger charge is 2.36. The topological polar surface area (TPSA) is 132 Å². The van der Waals surface area contributed by atoms with Crippen LogP contribution in [0.25, 0.3) is 11.3 Å². The van der Waals surface area contributed by atoms with Crippen molar-refractivity contribution in [3.8, 4) is 28.6 Å². The molecular formula is C33H32N4O7. The van der Waals surface area contributed by atoms with Crippen molar-refractivity contribution in [3.63, 3.8) is 0 Å².